The van der Waals surface area contributed by atoms with Gasteiger partial charge in [-0.2, -0.15) is 0 Å². The Morgan fingerprint density at radius 3 is 2.08 bits per heavy atom. The van der Waals surface area contributed by atoms with Crippen molar-refractivity contribution in [1.82, 2.24) is 9.62 Å². The standard InChI is InChI=1S/C20H26N2O3S/c1-5-16-6-8-18(9-7-16)20(22(3)4)14-21-26(24,25)19-12-10-17(11-13-19)15(2)23/h6-13,20-21H,5,14H2,1-4H3/t20-/m1/s1. The fraction of sp³-hybridized carbons (Fsp3) is 0.350. The Kier molecular flexibility index (Phi) is 6.69. The first-order valence-corrected chi connectivity index (χ1v) is 10.1. The summed E-state index contributed by atoms with van der Waals surface area (Å²) < 4.78 is 27.8. The predicted molar refractivity (Wildman–Crippen MR) is 104 cm³/mol. The molecule has 0 saturated carbocycles. The molecule has 1 atom stereocenters. The van der Waals surface area contributed by atoms with E-state index >= 15 is 0 Å². The average molecular weight is 375 g/mol. The number of Topliss-reactive ketones (excluding diaryl/α,β-unsaturated/α-hetero) is 1. The zero-order valence-electron chi connectivity index (χ0n) is 15.7. The molecule has 0 fully saturated rings. The summed E-state index contributed by atoms with van der Waals surface area (Å²) in [5.41, 5.74) is 2.80. The maximum Gasteiger partial charge on any atom is 0.240 e. The molecule has 0 radical (unpaired) electrons. The van der Waals surface area contributed by atoms with Crippen LogP contribution in [-0.2, 0) is 16.4 Å². The molecule has 0 unspecified atom stereocenters. The minimum absolute atomic E-state index is 0.0767. The number of carbonyl (C=O) groups excluding carboxylic acids is 1. The molecule has 1 N–H and O–H groups in total. The van der Waals surface area contributed by atoms with Gasteiger partial charge in [0, 0.05) is 18.2 Å². The third-order valence-corrected chi connectivity index (χ3v) is 5.87. The molecule has 0 spiro atoms. The molecule has 0 bridgehead atoms. The molecule has 26 heavy (non-hydrogen) atoms. The monoisotopic (exact) mass is 374 g/mol. The largest absolute Gasteiger partial charge is 0.301 e. The lowest BCUT2D eigenvalue weighted by Gasteiger charge is -2.25. The van der Waals surface area contributed by atoms with Gasteiger partial charge in [0.15, 0.2) is 5.78 Å². The molecule has 0 aliphatic heterocycles. The van der Waals surface area contributed by atoms with Crippen LogP contribution in [0.15, 0.2) is 53.4 Å². The molecule has 6 heteroatoms. The fourth-order valence-corrected chi connectivity index (χ4v) is 3.75. The van der Waals surface area contributed by atoms with E-state index in [4.69, 9.17) is 0 Å². The van der Waals surface area contributed by atoms with Gasteiger partial charge in [-0.1, -0.05) is 43.3 Å². The Hall–Kier alpha value is -2.02. The van der Waals surface area contributed by atoms with Gasteiger partial charge < -0.3 is 4.90 Å². The quantitative estimate of drug-likeness (QED) is 0.721. The third-order valence-electron chi connectivity index (χ3n) is 4.43. The lowest BCUT2D eigenvalue weighted by atomic mass is 10.0. The van der Waals surface area contributed by atoms with Gasteiger partial charge in [0.25, 0.3) is 0 Å². The summed E-state index contributed by atoms with van der Waals surface area (Å²) in [7, 11) is 0.210. The summed E-state index contributed by atoms with van der Waals surface area (Å²) in [6.07, 6.45) is 0.968. The van der Waals surface area contributed by atoms with Crippen molar-refractivity contribution in [2.75, 3.05) is 20.6 Å². The number of benzene rings is 2. The maximum atomic E-state index is 12.6. The first kappa shape index (κ1) is 20.3. The Bertz CT molecular complexity index is 842. The van der Waals surface area contributed by atoms with Crippen molar-refractivity contribution in [2.24, 2.45) is 0 Å². The smallest absolute Gasteiger partial charge is 0.240 e. The van der Waals surface area contributed by atoms with Crippen molar-refractivity contribution in [3.63, 3.8) is 0 Å². The van der Waals surface area contributed by atoms with Gasteiger partial charge in [-0.3, -0.25) is 4.79 Å². The van der Waals surface area contributed by atoms with Crippen LogP contribution in [0.5, 0.6) is 0 Å². The second-order valence-corrected chi connectivity index (χ2v) is 8.27. The molecule has 0 saturated heterocycles. The molecule has 0 amide bonds. The summed E-state index contributed by atoms with van der Waals surface area (Å²) in [5, 5.41) is 0. The van der Waals surface area contributed by atoms with Crippen LogP contribution in [0.2, 0.25) is 0 Å². The first-order valence-electron chi connectivity index (χ1n) is 8.60. The van der Waals surface area contributed by atoms with Crippen LogP contribution in [-0.4, -0.2) is 39.7 Å². The number of likely N-dealkylation sites (N-methyl/N-ethyl adjacent to an activating group) is 1. The van der Waals surface area contributed by atoms with Gasteiger partial charge >= 0.3 is 0 Å². The SMILES string of the molecule is CCc1ccc([C@@H](CNS(=O)(=O)c2ccc(C(C)=O)cc2)N(C)C)cc1. The fourth-order valence-electron chi connectivity index (χ4n) is 2.71. The predicted octanol–water partition coefficient (Wildman–Crippen LogP) is 3.03. The number of rotatable bonds is 8. The second kappa shape index (κ2) is 8.58. The normalized spacial score (nSPS) is 13.0. The summed E-state index contributed by atoms with van der Waals surface area (Å²) in [6.45, 7) is 3.81. The highest BCUT2D eigenvalue weighted by Gasteiger charge is 2.20. The van der Waals surface area contributed by atoms with E-state index in [9.17, 15) is 13.2 Å². The molecule has 140 valence electrons. The van der Waals surface area contributed by atoms with Crippen molar-refractivity contribution < 1.29 is 13.2 Å². The lowest BCUT2D eigenvalue weighted by molar-refractivity contribution is 0.101. The summed E-state index contributed by atoms with van der Waals surface area (Å²) >= 11 is 0. The van der Waals surface area contributed by atoms with Gasteiger partial charge in [0.1, 0.15) is 0 Å². The number of ketones is 1. The van der Waals surface area contributed by atoms with Crippen molar-refractivity contribution in [3.8, 4) is 0 Å². The molecule has 2 aromatic rings. The molecule has 0 aliphatic rings. The lowest BCUT2D eigenvalue weighted by Crippen LogP contribution is -2.34. The van der Waals surface area contributed by atoms with Crippen molar-refractivity contribution >= 4 is 15.8 Å². The molecule has 0 aliphatic carbocycles. The average Bonchev–Trinajstić information content (AvgIpc) is 2.62. The van der Waals surface area contributed by atoms with E-state index in [0.29, 0.717) is 5.56 Å². The van der Waals surface area contributed by atoms with E-state index in [-0.39, 0.29) is 23.3 Å². The Balaban J connectivity index is 2.15. The zero-order valence-corrected chi connectivity index (χ0v) is 16.5. The number of nitrogens with zero attached hydrogens (tertiary/aromatic N) is 1. The highest BCUT2D eigenvalue weighted by molar-refractivity contribution is 7.89. The summed E-state index contributed by atoms with van der Waals surface area (Å²) in [4.78, 5) is 13.5. The molecule has 5 nitrogen and oxygen atoms in total. The van der Waals surface area contributed by atoms with E-state index in [1.165, 1.54) is 36.8 Å². The summed E-state index contributed by atoms with van der Waals surface area (Å²) in [6, 6.07) is 14.1. The Morgan fingerprint density at radius 2 is 1.62 bits per heavy atom. The number of hydrogen-bond donors (Lipinski definition) is 1. The van der Waals surface area contributed by atoms with Crippen molar-refractivity contribution in [2.45, 2.75) is 31.2 Å². The van der Waals surface area contributed by atoms with Gasteiger partial charge in [0.2, 0.25) is 10.0 Å². The summed E-state index contributed by atoms with van der Waals surface area (Å²) in [5.74, 6) is -0.0925. The van der Waals surface area contributed by atoms with Crippen LogP contribution < -0.4 is 4.72 Å². The Labute approximate surface area is 156 Å². The van der Waals surface area contributed by atoms with Gasteiger partial charge in [0.05, 0.1) is 4.90 Å². The van der Waals surface area contributed by atoms with Gasteiger partial charge in [-0.15, -0.1) is 0 Å². The molecular weight excluding hydrogens is 348 g/mol. The van der Waals surface area contributed by atoms with Crippen molar-refractivity contribution in [3.05, 3.63) is 65.2 Å². The minimum atomic E-state index is -3.64. The molecule has 0 aromatic heterocycles. The highest BCUT2D eigenvalue weighted by atomic mass is 32.2. The van der Waals surface area contributed by atoms with E-state index < -0.39 is 10.0 Å². The van der Waals surface area contributed by atoms with Crippen LogP contribution in [0.4, 0.5) is 0 Å². The second-order valence-electron chi connectivity index (χ2n) is 6.51. The van der Waals surface area contributed by atoms with Crippen LogP contribution in [0.1, 0.15) is 41.4 Å². The van der Waals surface area contributed by atoms with Crippen LogP contribution in [0, 0.1) is 0 Å². The molecule has 2 aromatic carbocycles. The van der Waals surface area contributed by atoms with E-state index in [0.717, 1.165) is 12.0 Å². The third kappa shape index (κ3) is 5.00. The van der Waals surface area contributed by atoms with Crippen LogP contribution in [0.25, 0.3) is 0 Å². The van der Waals surface area contributed by atoms with Crippen LogP contribution in [0.3, 0.4) is 0 Å². The topological polar surface area (TPSA) is 66.5 Å². The zero-order chi connectivity index (χ0) is 19.3. The van der Waals surface area contributed by atoms with E-state index in [2.05, 4.69) is 23.8 Å². The first-order chi connectivity index (χ1) is 12.2. The van der Waals surface area contributed by atoms with Crippen LogP contribution >= 0.6 is 0 Å². The minimum Gasteiger partial charge on any atom is -0.301 e. The number of aryl methyl sites for hydroxylation is 1. The molecule has 2 rings (SSSR count). The molecular formula is C20H26N2O3S. The van der Waals surface area contributed by atoms with E-state index in [1.54, 1.807) is 0 Å². The number of carbonyl (C=O) groups is 1. The van der Waals surface area contributed by atoms with E-state index in [1.807, 2.05) is 31.1 Å². The maximum absolute atomic E-state index is 12.6. The van der Waals surface area contributed by atoms with Crippen molar-refractivity contribution in [1.29, 1.82) is 0 Å². The number of sulfonamides is 1. The molecule has 0 heterocycles. The van der Waals surface area contributed by atoms with Gasteiger partial charge in [-0.05, 0) is 50.7 Å². The Morgan fingerprint density at radius 1 is 1.04 bits per heavy atom. The highest BCUT2D eigenvalue weighted by Crippen LogP contribution is 2.19. The van der Waals surface area contributed by atoms with Gasteiger partial charge in [-0.25, -0.2) is 13.1 Å². The number of nitrogens with one attached hydrogen (secondary N) is 1. The number of hydrogen-bond acceptors (Lipinski definition) is 4.